The maximum Gasteiger partial charge on any atom is 0.227 e. The summed E-state index contributed by atoms with van der Waals surface area (Å²) in [6, 6.07) is 5.58. The summed E-state index contributed by atoms with van der Waals surface area (Å²) in [4.78, 5) is 20.5. The molecular weight excluding hydrogens is 441 g/mol. The Bertz CT molecular complexity index is 599. The Morgan fingerprint density at radius 2 is 2.00 bits per heavy atom. The molecular formula is C19H32IN5O. The highest BCUT2D eigenvalue weighted by Crippen LogP contribution is 2.40. The first-order chi connectivity index (χ1) is 12.1. The van der Waals surface area contributed by atoms with Gasteiger partial charge < -0.3 is 16.0 Å². The van der Waals surface area contributed by atoms with Crippen molar-refractivity contribution in [3.05, 3.63) is 23.9 Å². The van der Waals surface area contributed by atoms with E-state index in [9.17, 15) is 4.79 Å². The van der Waals surface area contributed by atoms with Crippen LogP contribution in [-0.2, 0) is 4.79 Å². The second kappa shape index (κ2) is 11.4. The number of halogens is 1. The van der Waals surface area contributed by atoms with Gasteiger partial charge >= 0.3 is 0 Å². The number of nitrogens with one attached hydrogen (secondary N) is 3. The fraction of sp³-hybridized carbons (Fsp3) is 0.632. The molecule has 0 atom stereocenters. The van der Waals surface area contributed by atoms with E-state index in [0.29, 0.717) is 24.2 Å². The lowest BCUT2D eigenvalue weighted by molar-refractivity contribution is -0.116. The van der Waals surface area contributed by atoms with Crippen LogP contribution in [0.15, 0.2) is 23.2 Å². The van der Waals surface area contributed by atoms with Crippen LogP contribution < -0.4 is 16.0 Å². The normalized spacial score (nSPS) is 15.9. The molecule has 1 aliphatic rings. The van der Waals surface area contributed by atoms with E-state index in [4.69, 9.17) is 0 Å². The van der Waals surface area contributed by atoms with Crippen LogP contribution in [0.3, 0.4) is 0 Å². The molecule has 0 aliphatic heterocycles. The topological polar surface area (TPSA) is 78.4 Å². The van der Waals surface area contributed by atoms with E-state index in [0.717, 1.165) is 18.2 Å². The summed E-state index contributed by atoms with van der Waals surface area (Å²) in [6.07, 6.45) is 6.81. The highest BCUT2D eigenvalue weighted by molar-refractivity contribution is 14.0. The predicted octanol–water partition coefficient (Wildman–Crippen LogP) is 3.47. The van der Waals surface area contributed by atoms with Crippen LogP contribution in [0.1, 0.15) is 51.1 Å². The molecule has 1 saturated carbocycles. The molecule has 3 N–H and O–H groups in total. The fourth-order valence-electron chi connectivity index (χ4n) is 3.38. The lowest BCUT2D eigenvalue weighted by Gasteiger charge is -2.28. The molecule has 0 aromatic carbocycles. The number of carbonyl (C=O) groups is 1. The molecule has 1 amide bonds. The lowest BCUT2D eigenvalue weighted by Crippen LogP contribution is -2.43. The Kier molecular flexibility index (Phi) is 9.90. The number of aliphatic imine (C=N–C) groups is 1. The van der Waals surface area contributed by atoms with Gasteiger partial charge in [-0.1, -0.05) is 25.8 Å². The van der Waals surface area contributed by atoms with Gasteiger partial charge in [-0.2, -0.15) is 0 Å². The third-order valence-electron chi connectivity index (χ3n) is 5.07. The van der Waals surface area contributed by atoms with Crippen molar-refractivity contribution in [2.45, 2.75) is 52.4 Å². The van der Waals surface area contributed by atoms with Gasteiger partial charge in [0, 0.05) is 32.3 Å². The molecule has 0 saturated heterocycles. The molecule has 1 aromatic rings. The predicted molar refractivity (Wildman–Crippen MR) is 118 cm³/mol. The number of aryl methyl sites for hydroxylation is 1. The van der Waals surface area contributed by atoms with E-state index in [1.807, 2.05) is 19.1 Å². The van der Waals surface area contributed by atoms with Crippen molar-refractivity contribution in [1.29, 1.82) is 0 Å². The molecule has 1 aromatic heterocycles. The van der Waals surface area contributed by atoms with Crippen molar-refractivity contribution in [3.8, 4) is 0 Å². The van der Waals surface area contributed by atoms with Crippen LogP contribution in [-0.4, -0.2) is 37.0 Å². The standard InChI is InChI=1S/C19H31N5O.HI/c1-4-19(11-5-6-12-19)14-22-18(20-3)21-13-10-17(25)24-16-9-7-8-15(2)23-16;/h7-9H,4-6,10-14H2,1-3H3,(H2,20,21,22)(H,23,24,25);1H. The minimum Gasteiger partial charge on any atom is -0.356 e. The Hall–Kier alpha value is -1.38. The van der Waals surface area contributed by atoms with Crippen molar-refractivity contribution in [2.75, 3.05) is 25.5 Å². The minimum absolute atomic E-state index is 0. The maximum absolute atomic E-state index is 12.0. The van der Waals surface area contributed by atoms with Crippen LogP contribution in [0.4, 0.5) is 5.82 Å². The number of carbonyl (C=O) groups excluding carboxylic acids is 1. The van der Waals surface area contributed by atoms with Crippen molar-refractivity contribution in [1.82, 2.24) is 15.6 Å². The molecule has 7 heteroatoms. The molecule has 26 heavy (non-hydrogen) atoms. The average molecular weight is 473 g/mol. The number of amides is 1. The van der Waals surface area contributed by atoms with Gasteiger partial charge in [0.1, 0.15) is 5.82 Å². The van der Waals surface area contributed by atoms with Crippen molar-refractivity contribution in [3.63, 3.8) is 0 Å². The van der Waals surface area contributed by atoms with Crippen molar-refractivity contribution < 1.29 is 4.79 Å². The first-order valence-electron chi connectivity index (χ1n) is 9.25. The molecule has 1 fully saturated rings. The highest BCUT2D eigenvalue weighted by Gasteiger charge is 2.31. The summed E-state index contributed by atoms with van der Waals surface area (Å²) in [5.74, 6) is 1.31. The maximum atomic E-state index is 12.0. The summed E-state index contributed by atoms with van der Waals surface area (Å²) < 4.78 is 0. The number of pyridine rings is 1. The number of guanidine groups is 1. The number of rotatable bonds is 7. The second-order valence-corrected chi connectivity index (χ2v) is 6.88. The number of aromatic nitrogens is 1. The molecule has 146 valence electrons. The van der Waals surface area contributed by atoms with Crippen LogP contribution in [0.5, 0.6) is 0 Å². The van der Waals surface area contributed by atoms with Crippen LogP contribution in [0.25, 0.3) is 0 Å². The van der Waals surface area contributed by atoms with E-state index < -0.39 is 0 Å². The number of hydrogen-bond donors (Lipinski definition) is 3. The Labute approximate surface area is 174 Å². The fourth-order valence-corrected chi connectivity index (χ4v) is 3.38. The van der Waals surface area contributed by atoms with Crippen LogP contribution in [0.2, 0.25) is 0 Å². The molecule has 2 rings (SSSR count). The van der Waals surface area contributed by atoms with Gasteiger partial charge in [0.25, 0.3) is 0 Å². The summed E-state index contributed by atoms with van der Waals surface area (Å²) in [6.45, 7) is 5.66. The van der Waals surface area contributed by atoms with Gasteiger partial charge in [-0.15, -0.1) is 24.0 Å². The van der Waals surface area contributed by atoms with E-state index in [-0.39, 0.29) is 29.9 Å². The molecule has 0 bridgehead atoms. The SMILES string of the molecule is CCC1(CNC(=NC)NCCC(=O)Nc2cccc(C)n2)CCCC1.I. The van der Waals surface area contributed by atoms with Gasteiger partial charge in [0.2, 0.25) is 5.91 Å². The van der Waals surface area contributed by atoms with Gasteiger partial charge in [0.15, 0.2) is 5.96 Å². The van der Waals surface area contributed by atoms with E-state index in [1.165, 1.54) is 32.1 Å². The van der Waals surface area contributed by atoms with Gasteiger partial charge in [-0.25, -0.2) is 4.98 Å². The van der Waals surface area contributed by atoms with E-state index in [1.54, 1.807) is 13.1 Å². The van der Waals surface area contributed by atoms with Gasteiger partial charge in [0.05, 0.1) is 0 Å². The zero-order valence-corrected chi connectivity index (χ0v) is 18.4. The Morgan fingerprint density at radius 1 is 1.27 bits per heavy atom. The molecule has 0 spiro atoms. The Balaban J connectivity index is 0.00000338. The average Bonchev–Trinajstić information content (AvgIpc) is 3.07. The van der Waals surface area contributed by atoms with Gasteiger partial charge in [-0.05, 0) is 43.7 Å². The van der Waals surface area contributed by atoms with Gasteiger partial charge in [-0.3, -0.25) is 9.79 Å². The largest absolute Gasteiger partial charge is 0.356 e. The second-order valence-electron chi connectivity index (χ2n) is 6.88. The first-order valence-corrected chi connectivity index (χ1v) is 9.25. The number of hydrogen-bond acceptors (Lipinski definition) is 3. The summed E-state index contributed by atoms with van der Waals surface area (Å²) >= 11 is 0. The molecule has 0 radical (unpaired) electrons. The first kappa shape index (κ1) is 22.7. The zero-order chi connectivity index (χ0) is 18.1. The number of anilines is 1. The van der Waals surface area contributed by atoms with Crippen LogP contribution >= 0.6 is 24.0 Å². The molecule has 1 heterocycles. The van der Waals surface area contributed by atoms with Crippen LogP contribution in [0, 0.1) is 12.3 Å². The lowest BCUT2D eigenvalue weighted by atomic mass is 9.83. The summed E-state index contributed by atoms with van der Waals surface area (Å²) in [7, 11) is 1.76. The monoisotopic (exact) mass is 473 g/mol. The Morgan fingerprint density at radius 3 is 2.62 bits per heavy atom. The quantitative estimate of drug-likeness (QED) is 0.322. The molecule has 0 unspecified atom stereocenters. The highest BCUT2D eigenvalue weighted by atomic mass is 127. The van der Waals surface area contributed by atoms with Crippen molar-refractivity contribution in [2.24, 2.45) is 10.4 Å². The summed E-state index contributed by atoms with van der Waals surface area (Å²) in [5.41, 5.74) is 1.29. The third kappa shape index (κ3) is 7.09. The minimum atomic E-state index is -0.0538. The van der Waals surface area contributed by atoms with E-state index >= 15 is 0 Å². The molecule has 1 aliphatic carbocycles. The molecule has 6 nitrogen and oxygen atoms in total. The zero-order valence-electron chi connectivity index (χ0n) is 16.1. The smallest absolute Gasteiger partial charge is 0.227 e. The third-order valence-corrected chi connectivity index (χ3v) is 5.07. The van der Waals surface area contributed by atoms with E-state index in [2.05, 4.69) is 32.9 Å². The number of nitrogens with zero attached hydrogens (tertiary/aromatic N) is 2. The summed E-state index contributed by atoms with van der Waals surface area (Å²) in [5, 5.41) is 9.47. The van der Waals surface area contributed by atoms with Crippen molar-refractivity contribution >= 4 is 41.7 Å².